The summed E-state index contributed by atoms with van der Waals surface area (Å²) in [5.41, 5.74) is 4.44. The fraction of sp³-hybridized carbons (Fsp3) is 0.917. The van der Waals surface area contributed by atoms with Crippen molar-refractivity contribution in [3.05, 3.63) is 0 Å². The van der Waals surface area contributed by atoms with E-state index in [4.69, 9.17) is 10.5 Å². The zero-order valence-electron chi connectivity index (χ0n) is 10.4. The minimum absolute atomic E-state index is 0.107. The number of aliphatic hydroxyl groups is 1. The standard InChI is InChI=1S/C12H23NO3/c1-8(12(2,3)16-11(13)15)9-6-4-5-7-10(9)14/h8-10,14H,4-7H2,1-3H3,(H2,13,15)/t8?,9-,10+/m0/s1. The molecule has 0 aromatic heterocycles. The molecule has 4 heteroatoms. The highest BCUT2D eigenvalue weighted by atomic mass is 16.6. The van der Waals surface area contributed by atoms with E-state index in [2.05, 4.69) is 0 Å². The van der Waals surface area contributed by atoms with Crippen LogP contribution in [0.15, 0.2) is 0 Å². The van der Waals surface area contributed by atoms with E-state index in [0.29, 0.717) is 0 Å². The fourth-order valence-corrected chi connectivity index (χ4v) is 2.59. The van der Waals surface area contributed by atoms with Gasteiger partial charge in [0.15, 0.2) is 0 Å². The molecule has 0 spiro atoms. The van der Waals surface area contributed by atoms with Gasteiger partial charge in [-0.2, -0.15) is 0 Å². The van der Waals surface area contributed by atoms with Crippen LogP contribution in [0.1, 0.15) is 46.5 Å². The first kappa shape index (κ1) is 13.3. The first-order valence-electron chi connectivity index (χ1n) is 6.01. The van der Waals surface area contributed by atoms with Crippen molar-refractivity contribution in [3.8, 4) is 0 Å². The van der Waals surface area contributed by atoms with Crippen molar-refractivity contribution in [2.75, 3.05) is 0 Å². The van der Waals surface area contributed by atoms with Gasteiger partial charge in [0.25, 0.3) is 0 Å². The third-order valence-electron chi connectivity index (χ3n) is 3.88. The smallest absolute Gasteiger partial charge is 0.405 e. The lowest BCUT2D eigenvalue weighted by Gasteiger charge is -2.40. The van der Waals surface area contributed by atoms with Crippen LogP contribution in [0.2, 0.25) is 0 Å². The average Bonchev–Trinajstić information content (AvgIpc) is 2.15. The van der Waals surface area contributed by atoms with E-state index in [1.165, 1.54) is 0 Å². The van der Waals surface area contributed by atoms with Crippen molar-refractivity contribution in [2.24, 2.45) is 17.6 Å². The van der Waals surface area contributed by atoms with E-state index in [-0.39, 0.29) is 17.9 Å². The molecule has 1 amide bonds. The lowest BCUT2D eigenvalue weighted by Crippen LogP contribution is -2.44. The summed E-state index contributed by atoms with van der Waals surface area (Å²) in [6.07, 6.45) is 3.04. The lowest BCUT2D eigenvalue weighted by molar-refractivity contribution is -0.0572. The van der Waals surface area contributed by atoms with Crippen molar-refractivity contribution in [3.63, 3.8) is 0 Å². The van der Waals surface area contributed by atoms with Crippen molar-refractivity contribution in [1.29, 1.82) is 0 Å². The number of primary amides is 1. The Balaban J connectivity index is 2.66. The molecule has 1 unspecified atom stereocenters. The largest absolute Gasteiger partial charge is 0.443 e. The van der Waals surface area contributed by atoms with Crippen LogP contribution in [-0.4, -0.2) is 22.9 Å². The van der Waals surface area contributed by atoms with Crippen molar-refractivity contribution in [2.45, 2.75) is 58.2 Å². The quantitative estimate of drug-likeness (QED) is 0.778. The Bertz CT molecular complexity index is 253. The van der Waals surface area contributed by atoms with Gasteiger partial charge < -0.3 is 15.6 Å². The maximum Gasteiger partial charge on any atom is 0.405 e. The van der Waals surface area contributed by atoms with Crippen molar-refractivity contribution in [1.82, 2.24) is 0 Å². The molecular formula is C12H23NO3. The summed E-state index contributed by atoms with van der Waals surface area (Å²) in [6.45, 7) is 5.72. The molecule has 94 valence electrons. The molecule has 0 bridgehead atoms. The summed E-state index contributed by atoms with van der Waals surface area (Å²) in [4.78, 5) is 10.8. The molecule has 1 aliphatic carbocycles. The third kappa shape index (κ3) is 3.11. The maximum absolute atomic E-state index is 10.8. The summed E-state index contributed by atoms with van der Waals surface area (Å²) in [5.74, 6) is 0.304. The fourth-order valence-electron chi connectivity index (χ4n) is 2.59. The summed E-state index contributed by atoms with van der Waals surface area (Å²) >= 11 is 0. The molecular weight excluding hydrogens is 206 g/mol. The zero-order valence-corrected chi connectivity index (χ0v) is 10.4. The molecule has 0 aliphatic heterocycles. The summed E-state index contributed by atoms with van der Waals surface area (Å²) in [6, 6.07) is 0. The summed E-state index contributed by atoms with van der Waals surface area (Å²) in [5, 5.41) is 9.97. The second-order valence-corrected chi connectivity index (χ2v) is 5.33. The molecule has 1 saturated carbocycles. The minimum atomic E-state index is -0.748. The molecule has 1 rings (SSSR count). The molecule has 1 aliphatic rings. The van der Waals surface area contributed by atoms with Gasteiger partial charge in [-0.1, -0.05) is 19.8 Å². The van der Waals surface area contributed by atoms with E-state index < -0.39 is 11.7 Å². The van der Waals surface area contributed by atoms with Crippen LogP contribution in [0.5, 0.6) is 0 Å². The van der Waals surface area contributed by atoms with Gasteiger partial charge in [0.2, 0.25) is 0 Å². The van der Waals surface area contributed by atoms with Crippen LogP contribution < -0.4 is 5.73 Å². The number of hydrogen-bond donors (Lipinski definition) is 2. The first-order valence-corrected chi connectivity index (χ1v) is 6.01. The van der Waals surface area contributed by atoms with Gasteiger partial charge in [0.05, 0.1) is 6.10 Å². The second kappa shape index (κ2) is 5.04. The number of carbonyl (C=O) groups is 1. The number of carbonyl (C=O) groups excluding carboxylic acids is 1. The van der Waals surface area contributed by atoms with Crippen LogP contribution >= 0.6 is 0 Å². The van der Waals surface area contributed by atoms with E-state index >= 15 is 0 Å². The normalized spacial score (nSPS) is 28.5. The molecule has 3 atom stereocenters. The molecule has 0 aromatic rings. The van der Waals surface area contributed by atoms with Gasteiger partial charge in [0.1, 0.15) is 5.60 Å². The van der Waals surface area contributed by atoms with Crippen LogP contribution in [0.3, 0.4) is 0 Å². The van der Waals surface area contributed by atoms with Crippen LogP contribution in [-0.2, 0) is 4.74 Å². The van der Waals surface area contributed by atoms with Gasteiger partial charge in [-0.05, 0) is 32.6 Å². The minimum Gasteiger partial charge on any atom is -0.443 e. The van der Waals surface area contributed by atoms with Crippen LogP contribution in [0, 0.1) is 11.8 Å². The number of hydrogen-bond acceptors (Lipinski definition) is 3. The summed E-state index contributed by atoms with van der Waals surface area (Å²) < 4.78 is 5.13. The number of amides is 1. The third-order valence-corrected chi connectivity index (χ3v) is 3.88. The topological polar surface area (TPSA) is 72.6 Å². The molecule has 16 heavy (non-hydrogen) atoms. The molecule has 4 nitrogen and oxygen atoms in total. The summed E-state index contributed by atoms with van der Waals surface area (Å²) in [7, 11) is 0. The Labute approximate surface area is 97.2 Å². The SMILES string of the molecule is CC([C@@H]1CCCC[C@H]1O)C(C)(C)OC(N)=O. The number of rotatable bonds is 3. The Morgan fingerprint density at radius 2 is 2.00 bits per heavy atom. The van der Waals surface area contributed by atoms with Crippen molar-refractivity contribution >= 4 is 6.09 Å². The van der Waals surface area contributed by atoms with E-state index in [1.807, 2.05) is 20.8 Å². The Kier molecular flexibility index (Phi) is 4.19. The Hall–Kier alpha value is -0.770. The van der Waals surface area contributed by atoms with Gasteiger partial charge in [-0.15, -0.1) is 0 Å². The number of aliphatic hydroxyl groups excluding tert-OH is 1. The lowest BCUT2D eigenvalue weighted by atomic mass is 9.72. The highest BCUT2D eigenvalue weighted by molar-refractivity contribution is 5.65. The van der Waals surface area contributed by atoms with Gasteiger partial charge in [0, 0.05) is 5.92 Å². The van der Waals surface area contributed by atoms with Crippen molar-refractivity contribution < 1.29 is 14.6 Å². The molecule has 1 fully saturated rings. The molecule has 0 saturated heterocycles. The first-order chi connectivity index (χ1) is 7.34. The highest BCUT2D eigenvalue weighted by Gasteiger charge is 2.39. The van der Waals surface area contributed by atoms with Gasteiger partial charge in [-0.3, -0.25) is 0 Å². The second-order valence-electron chi connectivity index (χ2n) is 5.33. The van der Waals surface area contributed by atoms with E-state index in [9.17, 15) is 9.90 Å². The Morgan fingerprint density at radius 3 is 2.50 bits per heavy atom. The zero-order chi connectivity index (χ0) is 12.3. The maximum atomic E-state index is 10.8. The highest BCUT2D eigenvalue weighted by Crippen LogP contribution is 2.37. The van der Waals surface area contributed by atoms with E-state index in [1.54, 1.807) is 0 Å². The van der Waals surface area contributed by atoms with Gasteiger partial charge >= 0.3 is 6.09 Å². The van der Waals surface area contributed by atoms with Gasteiger partial charge in [-0.25, -0.2) is 4.79 Å². The van der Waals surface area contributed by atoms with Crippen LogP contribution in [0.4, 0.5) is 4.79 Å². The predicted molar refractivity (Wildman–Crippen MR) is 61.9 cm³/mol. The molecule has 0 aromatic carbocycles. The predicted octanol–water partition coefficient (Wildman–Crippen LogP) is 2.05. The van der Waals surface area contributed by atoms with Crippen LogP contribution in [0.25, 0.3) is 0 Å². The molecule has 0 heterocycles. The Morgan fingerprint density at radius 1 is 1.44 bits per heavy atom. The molecule has 0 radical (unpaired) electrons. The van der Waals surface area contributed by atoms with E-state index in [0.717, 1.165) is 25.7 Å². The number of nitrogens with two attached hydrogens (primary N) is 1. The monoisotopic (exact) mass is 229 g/mol. The average molecular weight is 229 g/mol. The molecule has 3 N–H and O–H groups in total. The number of ether oxygens (including phenoxy) is 1.